The van der Waals surface area contributed by atoms with E-state index in [0.717, 1.165) is 39.3 Å². The fourth-order valence-corrected chi connectivity index (χ4v) is 5.49. The van der Waals surface area contributed by atoms with Crippen molar-refractivity contribution in [3.05, 3.63) is 65.4 Å². The Morgan fingerprint density at radius 1 is 1.03 bits per heavy atom. The molecule has 0 radical (unpaired) electrons. The Morgan fingerprint density at radius 2 is 1.73 bits per heavy atom. The highest BCUT2D eigenvalue weighted by Gasteiger charge is 2.24. The third kappa shape index (κ3) is 5.88. The molecular weight excluding hydrogens is 404 g/mol. The maximum absolute atomic E-state index is 5.45. The highest BCUT2D eigenvalue weighted by atomic mass is 16.5. The second kappa shape index (κ2) is 11.4. The van der Waals surface area contributed by atoms with Crippen molar-refractivity contribution in [3.63, 3.8) is 0 Å². The summed E-state index contributed by atoms with van der Waals surface area (Å²) in [5, 5.41) is 0. The molecule has 2 aromatic rings. The van der Waals surface area contributed by atoms with Gasteiger partial charge in [-0.1, -0.05) is 49.8 Å². The number of hydrogen-bond donors (Lipinski definition) is 0. The maximum Gasteiger partial charge on any atom is 0.0594 e. The molecule has 1 saturated carbocycles. The third-order valence-corrected chi connectivity index (χ3v) is 7.75. The molecule has 0 atom stereocenters. The highest BCUT2D eigenvalue weighted by molar-refractivity contribution is 5.73. The van der Waals surface area contributed by atoms with Gasteiger partial charge >= 0.3 is 0 Å². The lowest BCUT2D eigenvalue weighted by Crippen LogP contribution is -2.36. The summed E-state index contributed by atoms with van der Waals surface area (Å²) < 4.78 is 5.45. The Balaban J connectivity index is 1.46. The van der Waals surface area contributed by atoms with Crippen LogP contribution in [0.1, 0.15) is 55.7 Å². The predicted octanol–water partition coefficient (Wildman–Crippen LogP) is 6.77. The summed E-state index contributed by atoms with van der Waals surface area (Å²) in [6.07, 6.45) is 7.62. The number of hydrogen-bond acceptors (Lipinski definition) is 3. The van der Waals surface area contributed by atoms with Gasteiger partial charge in [0, 0.05) is 31.0 Å². The molecule has 2 aromatic carbocycles. The molecule has 0 N–H and O–H groups in total. The molecule has 1 heterocycles. The Labute approximate surface area is 201 Å². The van der Waals surface area contributed by atoms with Gasteiger partial charge in [-0.3, -0.25) is 4.90 Å². The molecule has 178 valence electrons. The van der Waals surface area contributed by atoms with Gasteiger partial charge in [0.15, 0.2) is 0 Å². The number of allylic oxidation sites excluding steroid dienone is 1. The van der Waals surface area contributed by atoms with Crippen LogP contribution in [0.5, 0.6) is 0 Å². The van der Waals surface area contributed by atoms with Crippen LogP contribution in [0.3, 0.4) is 0 Å². The van der Waals surface area contributed by atoms with E-state index in [-0.39, 0.29) is 0 Å². The number of morpholine rings is 1. The molecule has 3 nitrogen and oxygen atoms in total. The number of ether oxygens (including phenoxy) is 1. The average Bonchev–Trinajstić information content (AvgIpc) is 3.38. The van der Waals surface area contributed by atoms with E-state index in [1.807, 2.05) is 0 Å². The molecule has 0 amide bonds. The van der Waals surface area contributed by atoms with Crippen molar-refractivity contribution in [3.8, 4) is 11.1 Å². The molecule has 33 heavy (non-hydrogen) atoms. The second-order valence-corrected chi connectivity index (χ2v) is 9.91. The van der Waals surface area contributed by atoms with Crippen LogP contribution in [0.2, 0.25) is 0 Å². The molecule has 3 heteroatoms. The molecule has 4 rings (SSSR count). The molecule has 0 spiro atoms. The molecule has 1 saturated heterocycles. The Bertz CT molecular complexity index is 921. The zero-order valence-corrected chi connectivity index (χ0v) is 21.0. The summed E-state index contributed by atoms with van der Waals surface area (Å²) in [5.41, 5.74) is 9.42. The van der Waals surface area contributed by atoms with E-state index in [2.05, 4.69) is 73.5 Å². The van der Waals surface area contributed by atoms with Crippen LogP contribution in [0.4, 0.5) is 5.69 Å². The zero-order chi connectivity index (χ0) is 23.2. The fraction of sp³-hybridized carbons (Fsp3) is 0.533. The van der Waals surface area contributed by atoms with Crippen LogP contribution in [0.15, 0.2) is 48.7 Å². The molecule has 1 aliphatic carbocycles. The van der Waals surface area contributed by atoms with Crippen LogP contribution >= 0.6 is 0 Å². The smallest absolute Gasteiger partial charge is 0.0594 e. The van der Waals surface area contributed by atoms with E-state index >= 15 is 0 Å². The van der Waals surface area contributed by atoms with E-state index < -0.39 is 0 Å². The summed E-state index contributed by atoms with van der Waals surface area (Å²) in [6, 6.07) is 14.0. The lowest BCUT2D eigenvalue weighted by Gasteiger charge is -2.31. The largest absolute Gasteiger partial charge is 0.379 e. The minimum Gasteiger partial charge on any atom is -0.379 e. The van der Waals surface area contributed by atoms with Gasteiger partial charge in [-0.25, -0.2) is 0 Å². The molecule has 2 fully saturated rings. The van der Waals surface area contributed by atoms with Crippen molar-refractivity contribution in [1.82, 2.24) is 4.90 Å². The van der Waals surface area contributed by atoms with Gasteiger partial charge < -0.3 is 9.64 Å². The standard InChI is InChI=1S/C30H42N2O/c1-5-32(25(4)27-10-6-7-11-27)30-22-29(21-23(2)24(30)3)28-14-12-26(13-15-28)9-8-16-31-17-19-33-20-18-31/h12-15,21-22,27H,4-11,16-20H2,1-3H3. The van der Waals surface area contributed by atoms with Crippen LogP contribution in [-0.2, 0) is 11.2 Å². The second-order valence-electron chi connectivity index (χ2n) is 9.91. The molecule has 0 aromatic heterocycles. The monoisotopic (exact) mass is 446 g/mol. The summed E-state index contributed by atoms with van der Waals surface area (Å²) in [5.74, 6) is 0.644. The highest BCUT2D eigenvalue weighted by Crippen LogP contribution is 2.37. The fourth-order valence-electron chi connectivity index (χ4n) is 5.49. The van der Waals surface area contributed by atoms with E-state index in [1.165, 1.54) is 77.9 Å². The molecular formula is C30H42N2O. The van der Waals surface area contributed by atoms with Crippen LogP contribution in [0.25, 0.3) is 11.1 Å². The number of benzene rings is 2. The number of aryl methyl sites for hydroxylation is 2. The lowest BCUT2D eigenvalue weighted by atomic mass is 9.95. The minimum atomic E-state index is 0.644. The molecule has 1 aliphatic heterocycles. The number of anilines is 1. The van der Waals surface area contributed by atoms with Gasteiger partial charge in [-0.15, -0.1) is 0 Å². The van der Waals surface area contributed by atoms with Gasteiger partial charge in [0.2, 0.25) is 0 Å². The quantitative estimate of drug-likeness (QED) is 0.423. The zero-order valence-electron chi connectivity index (χ0n) is 21.0. The summed E-state index contributed by atoms with van der Waals surface area (Å²) in [6.45, 7) is 17.4. The van der Waals surface area contributed by atoms with Crippen molar-refractivity contribution in [2.24, 2.45) is 5.92 Å². The van der Waals surface area contributed by atoms with Crippen LogP contribution in [0, 0.1) is 19.8 Å². The van der Waals surface area contributed by atoms with Crippen molar-refractivity contribution in [2.45, 2.75) is 59.3 Å². The SMILES string of the molecule is C=C(C1CCCC1)N(CC)c1cc(-c2ccc(CCCN3CCOCC3)cc2)cc(C)c1C. The Morgan fingerprint density at radius 3 is 2.39 bits per heavy atom. The summed E-state index contributed by atoms with van der Waals surface area (Å²) in [4.78, 5) is 5.00. The maximum atomic E-state index is 5.45. The number of rotatable bonds is 9. The van der Waals surface area contributed by atoms with E-state index in [4.69, 9.17) is 4.74 Å². The van der Waals surface area contributed by atoms with Gasteiger partial charge in [0.1, 0.15) is 0 Å². The lowest BCUT2D eigenvalue weighted by molar-refractivity contribution is 0.0375. The first-order valence-electron chi connectivity index (χ1n) is 13.0. The third-order valence-electron chi connectivity index (χ3n) is 7.75. The topological polar surface area (TPSA) is 15.7 Å². The number of nitrogens with zero attached hydrogens (tertiary/aromatic N) is 2. The Hall–Kier alpha value is -2.10. The van der Waals surface area contributed by atoms with E-state index in [0.29, 0.717) is 5.92 Å². The summed E-state index contributed by atoms with van der Waals surface area (Å²) in [7, 11) is 0. The van der Waals surface area contributed by atoms with Gasteiger partial charge in [-0.2, -0.15) is 0 Å². The van der Waals surface area contributed by atoms with Crippen LogP contribution in [-0.4, -0.2) is 44.3 Å². The van der Waals surface area contributed by atoms with Gasteiger partial charge in [-0.05, 0) is 92.8 Å². The van der Waals surface area contributed by atoms with Gasteiger partial charge in [0.05, 0.1) is 13.2 Å². The first kappa shape index (κ1) is 24.0. The van der Waals surface area contributed by atoms with Crippen molar-refractivity contribution in [1.29, 1.82) is 0 Å². The van der Waals surface area contributed by atoms with Crippen molar-refractivity contribution >= 4 is 5.69 Å². The normalized spacial score (nSPS) is 17.4. The predicted molar refractivity (Wildman–Crippen MR) is 141 cm³/mol. The first-order chi connectivity index (χ1) is 16.1. The Kier molecular flexibility index (Phi) is 8.27. The molecule has 0 unspecified atom stereocenters. The summed E-state index contributed by atoms with van der Waals surface area (Å²) >= 11 is 0. The van der Waals surface area contributed by atoms with E-state index in [9.17, 15) is 0 Å². The van der Waals surface area contributed by atoms with E-state index in [1.54, 1.807) is 0 Å². The van der Waals surface area contributed by atoms with Crippen molar-refractivity contribution < 1.29 is 4.74 Å². The average molecular weight is 447 g/mol. The van der Waals surface area contributed by atoms with Gasteiger partial charge in [0.25, 0.3) is 0 Å². The van der Waals surface area contributed by atoms with Crippen molar-refractivity contribution in [2.75, 3.05) is 44.3 Å². The minimum absolute atomic E-state index is 0.644. The molecule has 2 aliphatic rings. The molecule has 0 bridgehead atoms. The van der Waals surface area contributed by atoms with Crippen LogP contribution < -0.4 is 4.90 Å². The first-order valence-corrected chi connectivity index (χ1v) is 13.0.